The second-order valence-electron chi connectivity index (χ2n) is 4.70. The van der Waals surface area contributed by atoms with Crippen LogP contribution in [0.15, 0.2) is 0 Å². The second kappa shape index (κ2) is 3.16. The number of hydrogen-bond donors (Lipinski definition) is 0. The molecule has 3 aliphatic carbocycles. The second-order valence-corrected chi connectivity index (χ2v) is 4.70. The molecular formula is C11H20. The lowest BCUT2D eigenvalue weighted by atomic mass is 9.69. The normalized spacial score (nSPS) is 45.0. The molecule has 0 amide bonds. The predicted molar refractivity (Wildman–Crippen MR) is 48.5 cm³/mol. The van der Waals surface area contributed by atoms with Crippen molar-refractivity contribution in [3.63, 3.8) is 0 Å². The van der Waals surface area contributed by atoms with Crippen LogP contribution in [0.1, 0.15) is 51.9 Å². The largest absolute Gasteiger partial charge is 0.0622 e. The van der Waals surface area contributed by atoms with E-state index < -0.39 is 0 Å². The van der Waals surface area contributed by atoms with Crippen molar-refractivity contribution in [2.75, 3.05) is 0 Å². The van der Waals surface area contributed by atoms with Crippen LogP contribution in [0.25, 0.3) is 0 Å². The molecule has 0 nitrogen and oxygen atoms in total. The summed E-state index contributed by atoms with van der Waals surface area (Å²) in [5, 5.41) is 0. The van der Waals surface area contributed by atoms with E-state index in [0.29, 0.717) is 0 Å². The van der Waals surface area contributed by atoms with Gasteiger partial charge in [0.05, 0.1) is 0 Å². The van der Waals surface area contributed by atoms with E-state index in [0.717, 1.165) is 17.8 Å². The summed E-state index contributed by atoms with van der Waals surface area (Å²) in [7, 11) is 0. The third kappa shape index (κ3) is 1.60. The van der Waals surface area contributed by atoms with Crippen molar-refractivity contribution in [1.29, 1.82) is 0 Å². The molecular weight excluding hydrogens is 132 g/mol. The summed E-state index contributed by atoms with van der Waals surface area (Å²) in [5.41, 5.74) is 0. The van der Waals surface area contributed by atoms with E-state index in [4.69, 9.17) is 0 Å². The van der Waals surface area contributed by atoms with Gasteiger partial charge in [0.2, 0.25) is 0 Å². The van der Waals surface area contributed by atoms with E-state index in [1.807, 2.05) is 0 Å². The van der Waals surface area contributed by atoms with Gasteiger partial charge in [0, 0.05) is 0 Å². The van der Waals surface area contributed by atoms with Gasteiger partial charge in [-0.25, -0.2) is 0 Å². The average molecular weight is 152 g/mol. The van der Waals surface area contributed by atoms with Gasteiger partial charge in [-0.2, -0.15) is 0 Å². The van der Waals surface area contributed by atoms with Gasteiger partial charge in [-0.3, -0.25) is 0 Å². The first-order chi connectivity index (χ1) is 5.36. The number of hydrogen-bond acceptors (Lipinski definition) is 0. The van der Waals surface area contributed by atoms with Gasteiger partial charge >= 0.3 is 0 Å². The van der Waals surface area contributed by atoms with Gasteiger partial charge in [-0.1, -0.05) is 39.0 Å². The van der Waals surface area contributed by atoms with E-state index in [2.05, 4.69) is 6.92 Å². The molecule has 2 bridgehead atoms. The monoisotopic (exact) mass is 152 g/mol. The van der Waals surface area contributed by atoms with Crippen LogP contribution < -0.4 is 0 Å². The van der Waals surface area contributed by atoms with E-state index in [1.54, 1.807) is 19.3 Å². The Kier molecular flexibility index (Phi) is 2.20. The SMILES string of the molecule is CC1CC2CCCCC1CC2. The van der Waals surface area contributed by atoms with E-state index in [9.17, 15) is 0 Å². The first kappa shape index (κ1) is 7.64. The molecule has 0 aliphatic heterocycles. The Bertz CT molecular complexity index is 124. The summed E-state index contributed by atoms with van der Waals surface area (Å²) >= 11 is 0. The van der Waals surface area contributed by atoms with Crippen LogP contribution >= 0.6 is 0 Å². The minimum Gasteiger partial charge on any atom is -0.0622 e. The fraction of sp³-hybridized carbons (Fsp3) is 1.00. The van der Waals surface area contributed by atoms with E-state index >= 15 is 0 Å². The summed E-state index contributed by atoms with van der Waals surface area (Å²) < 4.78 is 0. The topological polar surface area (TPSA) is 0 Å². The first-order valence-electron chi connectivity index (χ1n) is 5.36. The standard InChI is InChI=1S/C11H20/c1-9-8-10-4-2-3-5-11(9)7-6-10/h9-11H,2-8H2,1H3. The third-order valence-electron chi connectivity index (χ3n) is 3.89. The summed E-state index contributed by atoms with van der Waals surface area (Å²) in [6, 6.07) is 0. The lowest BCUT2D eigenvalue weighted by Gasteiger charge is -2.36. The van der Waals surface area contributed by atoms with Crippen molar-refractivity contribution in [2.24, 2.45) is 17.8 Å². The number of fused-ring (bicyclic) bond motifs is 5. The van der Waals surface area contributed by atoms with Crippen molar-refractivity contribution in [3.05, 3.63) is 0 Å². The molecule has 3 atom stereocenters. The minimum absolute atomic E-state index is 1.05. The quantitative estimate of drug-likeness (QED) is 0.497. The van der Waals surface area contributed by atoms with Crippen molar-refractivity contribution in [1.82, 2.24) is 0 Å². The van der Waals surface area contributed by atoms with Crippen molar-refractivity contribution >= 4 is 0 Å². The lowest BCUT2D eigenvalue weighted by Crippen LogP contribution is -2.25. The van der Waals surface area contributed by atoms with Gasteiger partial charge < -0.3 is 0 Å². The van der Waals surface area contributed by atoms with Crippen LogP contribution in [0.3, 0.4) is 0 Å². The van der Waals surface area contributed by atoms with Gasteiger partial charge in [-0.05, 0) is 30.6 Å². The fourth-order valence-electron chi connectivity index (χ4n) is 3.10. The molecule has 0 N–H and O–H groups in total. The van der Waals surface area contributed by atoms with Gasteiger partial charge in [0.25, 0.3) is 0 Å². The molecule has 0 saturated heterocycles. The highest BCUT2D eigenvalue weighted by molar-refractivity contribution is 4.80. The molecule has 3 saturated carbocycles. The smallest absolute Gasteiger partial charge is 0.0388 e. The van der Waals surface area contributed by atoms with Gasteiger partial charge in [0.1, 0.15) is 0 Å². The molecule has 0 radical (unpaired) electrons. The zero-order chi connectivity index (χ0) is 7.68. The highest BCUT2D eigenvalue weighted by atomic mass is 14.3. The molecule has 3 fully saturated rings. The summed E-state index contributed by atoms with van der Waals surface area (Å²) in [6.45, 7) is 2.47. The zero-order valence-electron chi connectivity index (χ0n) is 7.68. The molecule has 0 heteroatoms. The Balaban J connectivity index is 2.01. The fourth-order valence-corrected chi connectivity index (χ4v) is 3.10. The Morgan fingerprint density at radius 1 is 0.909 bits per heavy atom. The summed E-state index contributed by atoms with van der Waals surface area (Å²) in [5.74, 6) is 3.27. The van der Waals surface area contributed by atoms with Crippen molar-refractivity contribution in [2.45, 2.75) is 51.9 Å². The maximum atomic E-state index is 2.47. The van der Waals surface area contributed by atoms with Crippen LogP contribution in [-0.2, 0) is 0 Å². The summed E-state index contributed by atoms with van der Waals surface area (Å²) in [6.07, 6.45) is 10.8. The highest BCUT2D eigenvalue weighted by Crippen LogP contribution is 2.40. The maximum Gasteiger partial charge on any atom is -0.0388 e. The predicted octanol–water partition coefficient (Wildman–Crippen LogP) is 3.61. The maximum absolute atomic E-state index is 2.47. The molecule has 0 aromatic rings. The molecule has 3 unspecified atom stereocenters. The van der Waals surface area contributed by atoms with Gasteiger partial charge in [-0.15, -0.1) is 0 Å². The van der Waals surface area contributed by atoms with E-state index in [-0.39, 0.29) is 0 Å². The Hall–Kier alpha value is 0. The van der Waals surface area contributed by atoms with E-state index in [1.165, 1.54) is 25.7 Å². The molecule has 11 heavy (non-hydrogen) atoms. The number of rotatable bonds is 0. The zero-order valence-corrected chi connectivity index (χ0v) is 7.68. The minimum atomic E-state index is 1.05. The molecule has 64 valence electrons. The Morgan fingerprint density at radius 3 is 2.55 bits per heavy atom. The van der Waals surface area contributed by atoms with Gasteiger partial charge in [0.15, 0.2) is 0 Å². The molecule has 0 aromatic heterocycles. The van der Waals surface area contributed by atoms with Crippen LogP contribution in [0.4, 0.5) is 0 Å². The molecule has 0 aromatic carbocycles. The summed E-state index contributed by atoms with van der Waals surface area (Å²) in [4.78, 5) is 0. The molecule has 3 rings (SSSR count). The molecule has 0 spiro atoms. The lowest BCUT2D eigenvalue weighted by molar-refractivity contribution is 0.151. The Morgan fingerprint density at radius 2 is 1.73 bits per heavy atom. The van der Waals surface area contributed by atoms with Crippen LogP contribution in [0, 0.1) is 17.8 Å². The highest BCUT2D eigenvalue weighted by Gasteiger charge is 2.28. The molecule has 0 heterocycles. The van der Waals surface area contributed by atoms with Crippen LogP contribution in [-0.4, -0.2) is 0 Å². The molecule has 3 aliphatic rings. The Labute approximate surface area is 70.4 Å². The average Bonchev–Trinajstić information content (AvgIpc) is 1.92. The van der Waals surface area contributed by atoms with Crippen molar-refractivity contribution in [3.8, 4) is 0 Å². The third-order valence-corrected chi connectivity index (χ3v) is 3.89. The van der Waals surface area contributed by atoms with Crippen LogP contribution in [0.5, 0.6) is 0 Å². The van der Waals surface area contributed by atoms with Crippen LogP contribution in [0.2, 0.25) is 0 Å². The van der Waals surface area contributed by atoms with Crippen molar-refractivity contribution < 1.29 is 0 Å². The first-order valence-corrected chi connectivity index (χ1v) is 5.36.